The molecule has 1 heterocycles. The van der Waals surface area contributed by atoms with E-state index in [1.54, 1.807) is 38.1 Å². The van der Waals surface area contributed by atoms with Crippen molar-refractivity contribution in [3.8, 4) is 0 Å². The molecule has 0 unspecified atom stereocenters. The number of rotatable bonds is 1. The third-order valence-corrected chi connectivity index (χ3v) is 2.26. The van der Waals surface area contributed by atoms with Crippen molar-refractivity contribution < 1.29 is 14.3 Å². The zero-order valence-electron chi connectivity index (χ0n) is 8.56. The van der Waals surface area contributed by atoms with Crippen LogP contribution in [0.3, 0.4) is 0 Å². The number of imide groups is 1. The molecule has 0 atom stereocenters. The number of cyclic esters (lactones) is 1. The van der Waals surface area contributed by atoms with Crippen molar-refractivity contribution in [3.05, 3.63) is 30.3 Å². The van der Waals surface area contributed by atoms with Gasteiger partial charge in [-0.15, -0.1) is 0 Å². The zero-order valence-corrected chi connectivity index (χ0v) is 8.56. The molecule has 0 aliphatic carbocycles. The van der Waals surface area contributed by atoms with Crippen LogP contribution in [0.15, 0.2) is 30.3 Å². The van der Waals surface area contributed by atoms with Crippen LogP contribution in [0.2, 0.25) is 0 Å². The van der Waals surface area contributed by atoms with E-state index in [1.165, 1.54) is 0 Å². The molecule has 15 heavy (non-hydrogen) atoms. The van der Waals surface area contributed by atoms with Crippen LogP contribution in [0.4, 0.5) is 10.5 Å². The van der Waals surface area contributed by atoms with Crippen LogP contribution < -0.4 is 4.90 Å². The molecule has 1 aromatic rings. The molecule has 4 nitrogen and oxygen atoms in total. The number of carbonyl (C=O) groups is 2. The fourth-order valence-corrected chi connectivity index (χ4v) is 1.46. The number of hydrogen-bond acceptors (Lipinski definition) is 3. The quantitative estimate of drug-likeness (QED) is 0.704. The summed E-state index contributed by atoms with van der Waals surface area (Å²) in [6.07, 6.45) is -0.615. The maximum Gasteiger partial charge on any atom is 0.422 e. The number of anilines is 1. The van der Waals surface area contributed by atoms with Gasteiger partial charge < -0.3 is 4.74 Å². The first kappa shape index (κ1) is 9.71. The van der Waals surface area contributed by atoms with Crippen LogP contribution in [-0.4, -0.2) is 17.6 Å². The van der Waals surface area contributed by atoms with Crippen LogP contribution >= 0.6 is 0 Å². The van der Waals surface area contributed by atoms with E-state index in [4.69, 9.17) is 4.74 Å². The average Bonchev–Trinajstić information content (AvgIpc) is 2.38. The average molecular weight is 205 g/mol. The Hall–Kier alpha value is -1.84. The normalized spacial score (nSPS) is 19.2. The second kappa shape index (κ2) is 3.08. The van der Waals surface area contributed by atoms with E-state index in [9.17, 15) is 9.59 Å². The molecule has 0 aromatic heterocycles. The number of hydrogen-bond donors (Lipinski definition) is 0. The molecule has 2 rings (SSSR count). The van der Waals surface area contributed by atoms with Crippen molar-refractivity contribution >= 4 is 17.7 Å². The molecule has 0 saturated carbocycles. The van der Waals surface area contributed by atoms with Crippen molar-refractivity contribution in [3.63, 3.8) is 0 Å². The Kier molecular flexibility index (Phi) is 2.00. The lowest BCUT2D eigenvalue weighted by atomic mass is 10.1. The fourth-order valence-electron chi connectivity index (χ4n) is 1.46. The monoisotopic (exact) mass is 205 g/mol. The summed E-state index contributed by atoms with van der Waals surface area (Å²) in [6, 6.07) is 8.74. The van der Waals surface area contributed by atoms with E-state index in [-0.39, 0.29) is 5.91 Å². The molecule has 0 spiro atoms. The van der Waals surface area contributed by atoms with Gasteiger partial charge in [-0.05, 0) is 26.0 Å². The van der Waals surface area contributed by atoms with E-state index in [0.717, 1.165) is 4.90 Å². The molecule has 0 bridgehead atoms. The number of carbonyl (C=O) groups excluding carboxylic acids is 2. The van der Waals surface area contributed by atoms with Gasteiger partial charge in [0.2, 0.25) is 0 Å². The Bertz CT molecular complexity index is 411. The Morgan fingerprint density at radius 3 is 2.20 bits per heavy atom. The lowest BCUT2D eigenvalue weighted by Gasteiger charge is -2.13. The molecule has 1 aromatic carbocycles. The molecule has 1 fully saturated rings. The van der Waals surface area contributed by atoms with Crippen LogP contribution in [-0.2, 0) is 9.53 Å². The van der Waals surface area contributed by atoms with Crippen LogP contribution in [0.1, 0.15) is 13.8 Å². The molecular weight excluding hydrogens is 194 g/mol. The van der Waals surface area contributed by atoms with Crippen LogP contribution in [0.5, 0.6) is 0 Å². The Morgan fingerprint density at radius 2 is 1.73 bits per heavy atom. The van der Waals surface area contributed by atoms with Crippen molar-refractivity contribution in [2.45, 2.75) is 19.4 Å². The third-order valence-electron chi connectivity index (χ3n) is 2.26. The SMILES string of the molecule is CC1(C)OC(=O)N(c2ccccc2)C1=O. The summed E-state index contributed by atoms with van der Waals surface area (Å²) in [5.74, 6) is -0.335. The first-order valence-corrected chi connectivity index (χ1v) is 4.65. The number of ether oxygens (including phenoxy) is 1. The first-order valence-electron chi connectivity index (χ1n) is 4.65. The summed E-state index contributed by atoms with van der Waals surface area (Å²) in [4.78, 5) is 24.4. The molecular formula is C11H11NO3. The number of para-hydroxylation sites is 1. The summed E-state index contributed by atoms with van der Waals surface area (Å²) in [5, 5.41) is 0. The molecule has 1 aliphatic heterocycles. The fraction of sp³-hybridized carbons (Fsp3) is 0.273. The van der Waals surface area contributed by atoms with Crippen LogP contribution in [0.25, 0.3) is 0 Å². The Balaban J connectivity index is 2.40. The van der Waals surface area contributed by atoms with Crippen molar-refractivity contribution in [2.75, 3.05) is 4.90 Å². The topological polar surface area (TPSA) is 46.6 Å². The van der Waals surface area contributed by atoms with Gasteiger partial charge in [0, 0.05) is 0 Å². The largest absolute Gasteiger partial charge is 0.433 e. The summed E-state index contributed by atoms with van der Waals surface area (Å²) in [7, 11) is 0. The zero-order chi connectivity index (χ0) is 11.1. The standard InChI is InChI=1S/C11H11NO3/c1-11(2)9(13)12(10(14)15-11)8-6-4-3-5-7-8/h3-7H,1-2H3. The van der Waals surface area contributed by atoms with E-state index < -0.39 is 11.7 Å². The van der Waals surface area contributed by atoms with Gasteiger partial charge in [-0.1, -0.05) is 18.2 Å². The molecule has 1 aliphatic rings. The van der Waals surface area contributed by atoms with Gasteiger partial charge in [0.25, 0.3) is 5.91 Å². The molecule has 78 valence electrons. The molecule has 0 radical (unpaired) electrons. The summed E-state index contributed by atoms with van der Waals surface area (Å²) in [6.45, 7) is 3.16. The second-order valence-electron chi connectivity index (χ2n) is 3.85. The molecule has 4 heteroatoms. The van der Waals surface area contributed by atoms with E-state index in [0.29, 0.717) is 5.69 Å². The maximum atomic E-state index is 11.8. The minimum Gasteiger partial charge on any atom is -0.433 e. The molecule has 1 saturated heterocycles. The van der Waals surface area contributed by atoms with Gasteiger partial charge in [-0.2, -0.15) is 0 Å². The van der Waals surface area contributed by atoms with Crippen LogP contribution in [0, 0.1) is 0 Å². The highest BCUT2D eigenvalue weighted by Crippen LogP contribution is 2.28. The summed E-state index contributed by atoms with van der Waals surface area (Å²) >= 11 is 0. The summed E-state index contributed by atoms with van der Waals surface area (Å²) in [5.41, 5.74) is -0.523. The van der Waals surface area contributed by atoms with E-state index >= 15 is 0 Å². The highest BCUT2D eigenvalue weighted by Gasteiger charge is 2.47. The lowest BCUT2D eigenvalue weighted by molar-refractivity contribution is -0.127. The highest BCUT2D eigenvalue weighted by molar-refractivity contribution is 6.19. The lowest BCUT2D eigenvalue weighted by Crippen LogP contribution is -2.36. The predicted octanol–water partition coefficient (Wildman–Crippen LogP) is 1.95. The number of amides is 2. The van der Waals surface area contributed by atoms with Crippen molar-refractivity contribution in [1.82, 2.24) is 0 Å². The molecule has 0 N–H and O–H groups in total. The number of nitrogens with zero attached hydrogens (tertiary/aromatic N) is 1. The predicted molar refractivity (Wildman–Crippen MR) is 54.5 cm³/mol. The van der Waals surface area contributed by atoms with E-state index in [2.05, 4.69) is 0 Å². The van der Waals surface area contributed by atoms with Gasteiger partial charge in [0.1, 0.15) is 0 Å². The smallest absolute Gasteiger partial charge is 0.422 e. The van der Waals surface area contributed by atoms with Gasteiger partial charge >= 0.3 is 6.09 Å². The Labute approximate surface area is 87.4 Å². The van der Waals surface area contributed by atoms with Crippen molar-refractivity contribution in [1.29, 1.82) is 0 Å². The van der Waals surface area contributed by atoms with Gasteiger partial charge in [0.15, 0.2) is 5.60 Å². The van der Waals surface area contributed by atoms with Gasteiger partial charge in [0.05, 0.1) is 5.69 Å². The minimum atomic E-state index is -1.06. The van der Waals surface area contributed by atoms with Crippen molar-refractivity contribution in [2.24, 2.45) is 0 Å². The first-order chi connectivity index (χ1) is 7.02. The minimum absolute atomic E-state index is 0.335. The van der Waals surface area contributed by atoms with Gasteiger partial charge in [-0.25, -0.2) is 9.69 Å². The van der Waals surface area contributed by atoms with E-state index in [1.807, 2.05) is 6.07 Å². The molecule has 2 amide bonds. The third kappa shape index (κ3) is 1.48. The number of benzene rings is 1. The highest BCUT2D eigenvalue weighted by atomic mass is 16.6. The summed E-state index contributed by atoms with van der Waals surface area (Å²) < 4.78 is 4.97. The Morgan fingerprint density at radius 1 is 1.13 bits per heavy atom. The second-order valence-corrected chi connectivity index (χ2v) is 3.85. The van der Waals surface area contributed by atoms with Gasteiger partial charge in [-0.3, -0.25) is 4.79 Å². The maximum absolute atomic E-state index is 11.8.